The molecule has 1 rings (SSSR count). The van der Waals surface area contributed by atoms with Crippen LogP contribution in [0.1, 0.15) is 5.56 Å². The highest BCUT2D eigenvalue weighted by Gasteiger charge is 2.05. The van der Waals surface area contributed by atoms with Crippen LogP contribution in [0, 0.1) is 5.82 Å². The number of primary amides is 1. The smallest absolute Gasteiger partial charge is 0.231 e. The molecule has 82 valence electrons. The van der Waals surface area contributed by atoms with E-state index in [-0.39, 0.29) is 11.6 Å². The van der Waals surface area contributed by atoms with Gasteiger partial charge in [0.15, 0.2) is 0 Å². The first kappa shape index (κ1) is 11.9. The molecule has 0 aliphatic heterocycles. The Kier molecular flexibility index (Phi) is 4.05. The number of amides is 1. The molecule has 5 heteroatoms. The summed E-state index contributed by atoms with van der Waals surface area (Å²) in [6, 6.07) is 4.46. The van der Waals surface area contributed by atoms with Crippen molar-refractivity contribution in [1.29, 1.82) is 0 Å². The lowest BCUT2D eigenvalue weighted by molar-refractivity contribution is -0.118. The van der Waals surface area contributed by atoms with Gasteiger partial charge < -0.3 is 5.73 Å². The van der Waals surface area contributed by atoms with E-state index in [1.807, 2.05) is 0 Å². The maximum atomic E-state index is 12.8. The first-order valence-corrected chi connectivity index (χ1v) is 4.77. The van der Waals surface area contributed by atoms with Gasteiger partial charge in [-0.1, -0.05) is 17.7 Å². The molecule has 0 unspecified atom stereocenters. The van der Waals surface area contributed by atoms with Crippen LogP contribution in [-0.4, -0.2) is 24.4 Å². The zero-order chi connectivity index (χ0) is 11.4. The number of carbonyl (C=O) groups excluding carboxylic acids is 1. The van der Waals surface area contributed by atoms with E-state index in [4.69, 9.17) is 17.3 Å². The number of benzene rings is 1. The summed E-state index contributed by atoms with van der Waals surface area (Å²) >= 11 is 5.62. The third kappa shape index (κ3) is 3.85. The molecule has 0 spiro atoms. The molecule has 0 radical (unpaired) electrons. The Morgan fingerprint density at radius 2 is 2.27 bits per heavy atom. The highest BCUT2D eigenvalue weighted by atomic mass is 35.5. The highest BCUT2D eigenvalue weighted by Crippen LogP contribution is 2.16. The number of hydrogen-bond acceptors (Lipinski definition) is 2. The zero-order valence-corrected chi connectivity index (χ0v) is 9.09. The standard InChI is InChI=1S/C10H12ClFN2O/c1-14(6-10(13)15)5-7-2-3-9(12)8(11)4-7/h2-4H,5-6H2,1H3,(H2,13,15). The van der Waals surface area contributed by atoms with Crippen molar-refractivity contribution in [3.8, 4) is 0 Å². The fourth-order valence-corrected chi connectivity index (χ4v) is 1.47. The third-order valence-corrected chi connectivity index (χ3v) is 2.15. The molecule has 1 aromatic carbocycles. The minimum atomic E-state index is -0.446. The van der Waals surface area contributed by atoms with E-state index in [1.54, 1.807) is 18.0 Å². The third-order valence-electron chi connectivity index (χ3n) is 1.86. The van der Waals surface area contributed by atoms with Crippen LogP contribution < -0.4 is 5.73 Å². The van der Waals surface area contributed by atoms with Crippen LogP contribution in [-0.2, 0) is 11.3 Å². The average Bonchev–Trinajstić information content (AvgIpc) is 2.10. The van der Waals surface area contributed by atoms with Crippen LogP contribution in [0.2, 0.25) is 5.02 Å². The summed E-state index contributed by atoms with van der Waals surface area (Å²) < 4.78 is 12.8. The average molecular weight is 231 g/mol. The van der Waals surface area contributed by atoms with E-state index in [1.165, 1.54) is 12.1 Å². The maximum Gasteiger partial charge on any atom is 0.231 e. The number of carbonyl (C=O) groups is 1. The van der Waals surface area contributed by atoms with Gasteiger partial charge in [-0.15, -0.1) is 0 Å². The van der Waals surface area contributed by atoms with Gasteiger partial charge in [0.05, 0.1) is 11.6 Å². The molecular formula is C10H12ClFN2O. The van der Waals surface area contributed by atoms with Gasteiger partial charge in [0.25, 0.3) is 0 Å². The summed E-state index contributed by atoms with van der Waals surface area (Å²) in [6.45, 7) is 0.665. The number of likely N-dealkylation sites (N-methyl/N-ethyl adjacent to an activating group) is 1. The Morgan fingerprint density at radius 1 is 1.60 bits per heavy atom. The minimum absolute atomic E-state index is 0.0833. The number of nitrogens with two attached hydrogens (primary N) is 1. The number of rotatable bonds is 4. The summed E-state index contributed by atoms with van der Waals surface area (Å²) in [5.41, 5.74) is 5.87. The molecule has 0 saturated carbocycles. The Balaban J connectivity index is 2.64. The summed E-state index contributed by atoms with van der Waals surface area (Å²) in [5, 5.41) is 0.0833. The SMILES string of the molecule is CN(CC(N)=O)Cc1ccc(F)c(Cl)c1. The first-order chi connectivity index (χ1) is 6.99. The van der Waals surface area contributed by atoms with Crippen molar-refractivity contribution in [2.24, 2.45) is 5.73 Å². The lowest BCUT2D eigenvalue weighted by Crippen LogP contribution is -2.30. The summed E-state index contributed by atoms with van der Waals surface area (Å²) in [6.07, 6.45) is 0. The van der Waals surface area contributed by atoms with E-state index in [9.17, 15) is 9.18 Å². The van der Waals surface area contributed by atoms with Gasteiger partial charge in [-0.2, -0.15) is 0 Å². The largest absolute Gasteiger partial charge is 0.369 e. The summed E-state index contributed by atoms with van der Waals surface area (Å²) in [5.74, 6) is -0.844. The Bertz CT molecular complexity index is 370. The molecule has 3 nitrogen and oxygen atoms in total. The highest BCUT2D eigenvalue weighted by molar-refractivity contribution is 6.30. The van der Waals surface area contributed by atoms with Crippen LogP contribution in [0.25, 0.3) is 0 Å². The van der Waals surface area contributed by atoms with Gasteiger partial charge in [-0.05, 0) is 24.7 Å². The molecule has 0 heterocycles. The fraction of sp³-hybridized carbons (Fsp3) is 0.300. The Morgan fingerprint density at radius 3 is 2.80 bits per heavy atom. The van der Waals surface area contributed by atoms with Gasteiger partial charge in [0.1, 0.15) is 5.82 Å². The monoisotopic (exact) mass is 230 g/mol. The Labute approximate surface area is 92.6 Å². The van der Waals surface area contributed by atoms with Crippen LogP contribution in [0.4, 0.5) is 4.39 Å². The molecule has 0 aliphatic carbocycles. The van der Waals surface area contributed by atoms with Crippen LogP contribution in [0.5, 0.6) is 0 Å². The van der Waals surface area contributed by atoms with Crippen LogP contribution in [0.15, 0.2) is 18.2 Å². The van der Waals surface area contributed by atoms with Crippen LogP contribution >= 0.6 is 11.6 Å². The van der Waals surface area contributed by atoms with Gasteiger partial charge in [0, 0.05) is 6.54 Å². The van der Waals surface area contributed by atoms with E-state index >= 15 is 0 Å². The molecule has 0 aromatic heterocycles. The van der Waals surface area contributed by atoms with Crippen molar-refractivity contribution in [2.75, 3.05) is 13.6 Å². The molecule has 0 atom stereocenters. The molecule has 15 heavy (non-hydrogen) atoms. The predicted octanol–water partition coefficient (Wildman–Crippen LogP) is 1.40. The number of nitrogens with zero attached hydrogens (tertiary/aromatic N) is 1. The molecule has 0 fully saturated rings. The molecule has 0 bridgehead atoms. The predicted molar refractivity (Wildman–Crippen MR) is 56.9 cm³/mol. The van der Waals surface area contributed by atoms with Crippen molar-refractivity contribution in [2.45, 2.75) is 6.54 Å². The maximum absolute atomic E-state index is 12.8. The van der Waals surface area contributed by atoms with E-state index in [2.05, 4.69) is 0 Å². The molecule has 0 saturated heterocycles. The first-order valence-electron chi connectivity index (χ1n) is 4.40. The van der Waals surface area contributed by atoms with Gasteiger partial charge >= 0.3 is 0 Å². The lowest BCUT2D eigenvalue weighted by atomic mass is 10.2. The molecule has 2 N–H and O–H groups in total. The van der Waals surface area contributed by atoms with E-state index in [0.29, 0.717) is 6.54 Å². The number of halogens is 2. The Hall–Kier alpha value is -1.13. The zero-order valence-electron chi connectivity index (χ0n) is 8.34. The topological polar surface area (TPSA) is 46.3 Å². The van der Waals surface area contributed by atoms with Crippen LogP contribution in [0.3, 0.4) is 0 Å². The summed E-state index contributed by atoms with van der Waals surface area (Å²) in [4.78, 5) is 12.3. The van der Waals surface area contributed by atoms with Gasteiger partial charge in [0.2, 0.25) is 5.91 Å². The summed E-state index contributed by atoms with van der Waals surface area (Å²) in [7, 11) is 1.75. The van der Waals surface area contributed by atoms with Gasteiger partial charge in [-0.25, -0.2) is 4.39 Å². The second-order valence-corrected chi connectivity index (χ2v) is 3.79. The quantitative estimate of drug-likeness (QED) is 0.850. The second kappa shape index (κ2) is 5.09. The van der Waals surface area contributed by atoms with Gasteiger partial charge in [-0.3, -0.25) is 9.69 Å². The molecular weight excluding hydrogens is 219 g/mol. The molecule has 0 aliphatic rings. The molecule has 1 amide bonds. The minimum Gasteiger partial charge on any atom is -0.369 e. The number of hydrogen-bond donors (Lipinski definition) is 1. The van der Waals surface area contributed by atoms with E-state index in [0.717, 1.165) is 5.56 Å². The van der Waals surface area contributed by atoms with Crippen molar-refractivity contribution in [3.63, 3.8) is 0 Å². The normalized spacial score (nSPS) is 10.7. The van der Waals surface area contributed by atoms with Crippen molar-refractivity contribution < 1.29 is 9.18 Å². The van der Waals surface area contributed by atoms with E-state index < -0.39 is 11.7 Å². The van der Waals surface area contributed by atoms with Crippen molar-refractivity contribution in [1.82, 2.24) is 4.90 Å². The lowest BCUT2D eigenvalue weighted by Gasteiger charge is -2.14. The van der Waals surface area contributed by atoms with Crippen molar-refractivity contribution in [3.05, 3.63) is 34.6 Å². The van der Waals surface area contributed by atoms with Crippen molar-refractivity contribution >= 4 is 17.5 Å². The second-order valence-electron chi connectivity index (χ2n) is 3.39. The molecule has 1 aromatic rings. The fourth-order valence-electron chi connectivity index (χ4n) is 1.27.